The molecule has 3 nitrogen and oxygen atoms in total. The van der Waals surface area contributed by atoms with Crippen molar-refractivity contribution in [2.45, 2.75) is 47.6 Å². The predicted molar refractivity (Wildman–Crippen MR) is 89.3 cm³/mol. The lowest BCUT2D eigenvalue weighted by atomic mass is 9.95. The van der Waals surface area contributed by atoms with Gasteiger partial charge in [-0.2, -0.15) is 0 Å². The van der Waals surface area contributed by atoms with Gasteiger partial charge in [-0.3, -0.25) is 9.69 Å². The molecule has 1 atom stereocenters. The Kier molecular flexibility index (Phi) is 6.41. The minimum absolute atomic E-state index is 0.103. The van der Waals surface area contributed by atoms with Crippen LogP contribution in [0.3, 0.4) is 0 Å². The van der Waals surface area contributed by atoms with Gasteiger partial charge < -0.3 is 5.32 Å². The van der Waals surface area contributed by atoms with E-state index in [-0.39, 0.29) is 17.4 Å². The maximum Gasteiger partial charge on any atom is 0.225 e. The molecule has 0 bridgehead atoms. The number of benzene rings is 1. The molecule has 0 aliphatic carbocycles. The Hall–Kier alpha value is -1.35. The predicted octanol–water partition coefficient (Wildman–Crippen LogP) is 3.54. The number of hydrogen-bond acceptors (Lipinski definition) is 2. The average Bonchev–Trinajstić information content (AvgIpc) is 2.43. The number of carbonyl (C=O) groups is 1. The molecule has 0 saturated carbocycles. The van der Waals surface area contributed by atoms with Crippen molar-refractivity contribution >= 4 is 5.91 Å². The Morgan fingerprint density at radius 2 is 1.67 bits per heavy atom. The quantitative estimate of drug-likeness (QED) is 0.869. The van der Waals surface area contributed by atoms with Gasteiger partial charge in [0.2, 0.25) is 5.91 Å². The van der Waals surface area contributed by atoms with E-state index in [2.05, 4.69) is 55.3 Å². The van der Waals surface area contributed by atoms with Crippen molar-refractivity contribution in [2.24, 2.45) is 5.41 Å². The molecule has 21 heavy (non-hydrogen) atoms. The number of aryl methyl sites for hydroxylation is 1. The summed E-state index contributed by atoms with van der Waals surface area (Å²) in [5.41, 5.74) is 2.18. The smallest absolute Gasteiger partial charge is 0.225 e. The fourth-order valence-electron chi connectivity index (χ4n) is 2.37. The zero-order valence-corrected chi connectivity index (χ0v) is 14.4. The van der Waals surface area contributed by atoms with Crippen LogP contribution in [0.5, 0.6) is 0 Å². The molecule has 0 saturated heterocycles. The summed E-state index contributed by atoms with van der Waals surface area (Å²) < 4.78 is 0. The summed E-state index contributed by atoms with van der Waals surface area (Å²) >= 11 is 0. The Labute approximate surface area is 129 Å². The van der Waals surface area contributed by atoms with Crippen molar-refractivity contribution in [3.63, 3.8) is 0 Å². The highest BCUT2D eigenvalue weighted by Gasteiger charge is 2.24. The summed E-state index contributed by atoms with van der Waals surface area (Å²) in [7, 11) is 0. The van der Waals surface area contributed by atoms with E-state index < -0.39 is 0 Å². The third-order valence-electron chi connectivity index (χ3n) is 3.85. The first-order valence-corrected chi connectivity index (χ1v) is 7.88. The Balaban J connectivity index is 2.88. The van der Waals surface area contributed by atoms with Crippen molar-refractivity contribution in [1.82, 2.24) is 10.2 Å². The lowest BCUT2D eigenvalue weighted by Crippen LogP contribution is -2.42. The topological polar surface area (TPSA) is 32.3 Å². The summed E-state index contributed by atoms with van der Waals surface area (Å²) in [5, 5.41) is 3.10. The molecule has 0 spiro atoms. The molecule has 3 heteroatoms. The number of hydrogen-bond donors (Lipinski definition) is 1. The number of nitrogens with zero attached hydrogens (tertiary/aromatic N) is 1. The summed E-state index contributed by atoms with van der Waals surface area (Å²) in [4.78, 5) is 14.5. The second-order valence-electron chi connectivity index (χ2n) is 6.61. The molecule has 1 aromatic carbocycles. The molecular formula is C18H30N2O. The lowest BCUT2D eigenvalue weighted by molar-refractivity contribution is -0.128. The molecule has 1 unspecified atom stereocenters. The second kappa shape index (κ2) is 7.60. The number of rotatable bonds is 6. The summed E-state index contributed by atoms with van der Waals surface area (Å²) in [6, 6.07) is 8.84. The van der Waals surface area contributed by atoms with Gasteiger partial charge in [0.15, 0.2) is 0 Å². The molecule has 0 aliphatic heterocycles. The van der Waals surface area contributed by atoms with E-state index in [1.54, 1.807) is 0 Å². The minimum Gasteiger partial charge on any atom is -0.354 e. The van der Waals surface area contributed by atoms with Crippen LogP contribution in [0, 0.1) is 12.3 Å². The van der Waals surface area contributed by atoms with Crippen molar-refractivity contribution in [1.29, 1.82) is 0 Å². The highest BCUT2D eigenvalue weighted by atomic mass is 16.2. The van der Waals surface area contributed by atoms with Gasteiger partial charge in [-0.1, -0.05) is 64.4 Å². The van der Waals surface area contributed by atoms with Gasteiger partial charge in [-0.05, 0) is 25.6 Å². The van der Waals surface area contributed by atoms with E-state index in [1.165, 1.54) is 11.1 Å². The fraction of sp³-hybridized carbons (Fsp3) is 0.611. The van der Waals surface area contributed by atoms with E-state index in [1.807, 2.05) is 20.8 Å². The van der Waals surface area contributed by atoms with Gasteiger partial charge in [0.05, 0.1) is 6.04 Å². The van der Waals surface area contributed by atoms with E-state index in [9.17, 15) is 4.79 Å². The molecular weight excluding hydrogens is 260 g/mol. The number of carbonyl (C=O) groups excluding carboxylic acids is 1. The number of nitrogens with one attached hydrogen (secondary N) is 1. The van der Waals surface area contributed by atoms with Crippen LogP contribution in [-0.4, -0.2) is 30.4 Å². The van der Waals surface area contributed by atoms with Crippen LogP contribution < -0.4 is 5.32 Å². The third-order valence-corrected chi connectivity index (χ3v) is 3.85. The van der Waals surface area contributed by atoms with Crippen LogP contribution in [0.25, 0.3) is 0 Å². The Morgan fingerprint density at radius 3 is 2.10 bits per heavy atom. The monoisotopic (exact) mass is 290 g/mol. The summed E-state index contributed by atoms with van der Waals surface area (Å²) in [5.74, 6) is 0.103. The van der Waals surface area contributed by atoms with Gasteiger partial charge in [0.25, 0.3) is 0 Å². The van der Waals surface area contributed by atoms with Crippen molar-refractivity contribution < 1.29 is 4.79 Å². The van der Waals surface area contributed by atoms with E-state index in [0.29, 0.717) is 6.54 Å². The van der Waals surface area contributed by atoms with Gasteiger partial charge in [0, 0.05) is 12.0 Å². The van der Waals surface area contributed by atoms with Crippen LogP contribution in [0.15, 0.2) is 24.3 Å². The molecule has 118 valence electrons. The number of likely N-dealkylation sites (N-methyl/N-ethyl adjacent to an activating group) is 1. The van der Waals surface area contributed by atoms with E-state index in [4.69, 9.17) is 0 Å². The van der Waals surface area contributed by atoms with Gasteiger partial charge >= 0.3 is 0 Å². The molecule has 0 aromatic heterocycles. The Morgan fingerprint density at radius 1 is 1.14 bits per heavy atom. The first-order valence-electron chi connectivity index (χ1n) is 7.88. The zero-order chi connectivity index (χ0) is 16.0. The van der Waals surface area contributed by atoms with Gasteiger partial charge in [0.1, 0.15) is 0 Å². The largest absolute Gasteiger partial charge is 0.354 e. The van der Waals surface area contributed by atoms with Crippen LogP contribution >= 0.6 is 0 Å². The Bertz CT molecular complexity index is 441. The minimum atomic E-state index is -0.346. The molecule has 0 radical (unpaired) electrons. The molecule has 1 N–H and O–H groups in total. The number of amides is 1. The lowest BCUT2D eigenvalue weighted by Gasteiger charge is -2.31. The maximum absolute atomic E-state index is 12.1. The van der Waals surface area contributed by atoms with E-state index in [0.717, 1.165) is 13.1 Å². The second-order valence-corrected chi connectivity index (χ2v) is 6.61. The molecule has 1 aromatic rings. The standard InChI is InChI=1S/C18H30N2O/c1-7-20(8-2)16(13-19-17(21)18(4,5)6)15-11-9-14(3)10-12-15/h9-12,16H,7-8,13H2,1-6H3,(H,19,21). The third kappa shape index (κ3) is 5.16. The van der Waals surface area contributed by atoms with Crippen LogP contribution in [0.2, 0.25) is 0 Å². The van der Waals surface area contributed by atoms with Crippen LogP contribution in [0.4, 0.5) is 0 Å². The maximum atomic E-state index is 12.1. The van der Waals surface area contributed by atoms with Gasteiger partial charge in [-0.25, -0.2) is 0 Å². The summed E-state index contributed by atoms with van der Waals surface area (Å²) in [6.07, 6.45) is 0. The molecule has 0 fully saturated rings. The van der Waals surface area contributed by atoms with Crippen molar-refractivity contribution in [2.75, 3.05) is 19.6 Å². The van der Waals surface area contributed by atoms with Gasteiger partial charge in [-0.15, -0.1) is 0 Å². The summed E-state index contributed by atoms with van der Waals surface area (Å²) in [6.45, 7) is 14.9. The van der Waals surface area contributed by atoms with Crippen molar-refractivity contribution in [3.05, 3.63) is 35.4 Å². The molecule has 1 amide bonds. The first-order chi connectivity index (χ1) is 9.79. The zero-order valence-electron chi connectivity index (χ0n) is 14.4. The average molecular weight is 290 g/mol. The normalized spacial score (nSPS) is 13.3. The molecule has 0 aliphatic rings. The van der Waals surface area contributed by atoms with Crippen LogP contribution in [0.1, 0.15) is 51.8 Å². The highest BCUT2D eigenvalue weighted by molar-refractivity contribution is 5.81. The van der Waals surface area contributed by atoms with Crippen LogP contribution in [-0.2, 0) is 4.79 Å². The fourth-order valence-corrected chi connectivity index (χ4v) is 2.37. The first kappa shape index (κ1) is 17.7. The highest BCUT2D eigenvalue weighted by Crippen LogP contribution is 2.21. The molecule has 0 heterocycles. The van der Waals surface area contributed by atoms with Crippen molar-refractivity contribution in [3.8, 4) is 0 Å². The molecule has 1 rings (SSSR count). The van der Waals surface area contributed by atoms with E-state index >= 15 is 0 Å². The SMILES string of the molecule is CCN(CC)C(CNC(=O)C(C)(C)C)c1ccc(C)cc1.